The first-order valence-electron chi connectivity index (χ1n) is 7.62. The molecule has 2 fully saturated rings. The summed E-state index contributed by atoms with van der Waals surface area (Å²) in [6.07, 6.45) is 2.46. The largest absolute Gasteiger partial charge is 0.296 e. The molecule has 6 nitrogen and oxygen atoms in total. The number of thiophene rings is 1. The normalized spacial score (nSPS) is 21.0. The molecule has 0 N–H and O–H groups in total. The van der Waals surface area contributed by atoms with Gasteiger partial charge in [-0.2, -0.15) is 0 Å². The second-order valence-corrected chi connectivity index (χ2v) is 6.93. The zero-order valence-corrected chi connectivity index (χ0v) is 12.9. The molecule has 3 heterocycles. The molecule has 1 aliphatic heterocycles. The summed E-state index contributed by atoms with van der Waals surface area (Å²) in [7, 11) is 0. The van der Waals surface area contributed by atoms with Crippen LogP contribution in [0.3, 0.4) is 0 Å². The average Bonchev–Trinajstić information content (AvgIpc) is 3.02. The van der Waals surface area contributed by atoms with Gasteiger partial charge in [0.25, 0.3) is 0 Å². The summed E-state index contributed by atoms with van der Waals surface area (Å²) in [4.78, 5) is 6.46. The molecule has 2 aliphatic rings. The predicted octanol–water partition coefficient (Wildman–Crippen LogP) is 1.39. The Labute approximate surface area is 128 Å². The highest BCUT2D eigenvalue weighted by molar-refractivity contribution is 7.09. The first-order chi connectivity index (χ1) is 10.4. The van der Waals surface area contributed by atoms with Crippen molar-refractivity contribution in [3.63, 3.8) is 0 Å². The Hall–Kier alpha value is -1.31. The van der Waals surface area contributed by atoms with E-state index in [0.717, 1.165) is 45.1 Å². The third kappa shape index (κ3) is 3.14. The van der Waals surface area contributed by atoms with Crippen LogP contribution in [0.15, 0.2) is 17.5 Å². The molecule has 4 rings (SSSR count). The highest BCUT2D eigenvalue weighted by Gasteiger charge is 2.28. The third-order valence-electron chi connectivity index (χ3n) is 4.24. The summed E-state index contributed by atoms with van der Waals surface area (Å²) in [5.41, 5.74) is 0. The smallest absolute Gasteiger partial charge is 0.165 e. The van der Waals surface area contributed by atoms with Gasteiger partial charge in [-0.3, -0.25) is 9.80 Å². The Morgan fingerprint density at radius 3 is 2.52 bits per heavy atom. The SMILES string of the molecule is c1csc(CN2CCN(Cc3nnnn3C3CC3)CC2)c1. The van der Waals surface area contributed by atoms with Crippen LogP contribution in [-0.2, 0) is 13.1 Å². The highest BCUT2D eigenvalue weighted by Crippen LogP contribution is 2.34. The molecule has 7 heteroatoms. The van der Waals surface area contributed by atoms with Crippen LogP contribution in [0.4, 0.5) is 0 Å². The van der Waals surface area contributed by atoms with Crippen LogP contribution in [0.25, 0.3) is 0 Å². The number of hydrogen-bond acceptors (Lipinski definition) is 6. The summed E-state index contributed by atoms with van der Waals surface area (Å²) in [5.74, 6) is 1.03. The minimum Gasteiger partial charge on any atom is -0.296 e. The number of hydrogen-bond donors (Lipinski definition) is 0. The molecule has 0 aromatic carbocycles. The maximum absolute atomic E-state index is 4.20. The molecule has 21 heavy (non-hydrogen) atoms. The van der Waals surface area contributed by atoms with E-state index in [-0.39, 0.29) is 0 Å². The average molecular weight is 304 g/mol. The molecular formula is C14H20N6S. The summed E-state index contributed by atoms with van der Waals surface area (Å²) in [5, 5.41) is 14.3. The summed E-state index contributed by atoms with van der Waals surface area (Å²) < 4.78 is 2.03. The quantitative estimate of drug-likeness (QED) is 0.835. The van der Waals surface area contributed by atoms with Gasteiger partial charge in [-0.1, -0.05) is 6.07 Å². The Bertz CT molecular complexity index is 568. The molecule has 112 valence electrons. The predicted molar refractivity (Wildman–Crippen MR) is 81.0 cm³/mol. The van der Waals surface area contributed by atoms with Gasteiger partial charge in [0, 0.05) is 37.6 Å². The molecule has 1 saturated heterocycles. The van der Waals surface area contributed by atoms with Gasteiger partial charge < -0.3 is 0 Å². The van der Waals surface area contributed by atoms with Crippen molar-refractivity contribution in [1.29, 1.82) is 0 Å². The molecule has 0 spiro atoms. The van der Waals surface area contributed by atoms with E-state index in [0.29, 0.717) is 6.04 Å². The number of tetrazole rings is 1. The molecule has 0 amide bonds. The first kappa shape index (κ1) is 13.4. The first-order valence-corrected chi connectivity index (χ1v) is 8.50. The Morgan fingerprint density at radius 2 is 1.86 bits per heavy atom. The Morgan fingerprint density at radius 1 is 1.10 bits per heavy atom. The fourth-order valence-electron chi connectivity index (χ4n) is 2.85. The van der Waals surface area contributed by atoms with Crippen LogP contribution in [0.2, 0.25) is 0 Å². The van der Waals surface area contributed by atoms with Gasteiger partial charge in [0.1, 0.15) is 0 Å². The van der Waals surface area contributed by atoms with Gasteiger partial charge in [-0.05, 0) is 34.7 Å². The molecule has 1 aliphatic carbocycles. The minimum atomic E-state index is 0.565. The van der Waals surface area contributed by atoms with E-state index in [2.05, 4.69) is 42.8 Å². The van der Waals surface area contributed by atoms with Crippen molar-refractivity contribution < 1.29 is 0 Å². The summed E-state index contributed by atoms with van der Waals surface area (Å²) >= 11 is 1.85. The van der Waals surface area contributed by atoms with E-state index in [9.17, 15) is 0 Å². The van der Waals surface area contributed by atoms with Crippen molar-refractivity contribution in [2.24, 2.45) is 0 Å². The molecule has 0 bridgehead atoms. The molecule has 0 atom stereocenters. The molecule has 1 saturated carbocycles. The van der Waals surface area contributed by atoms with Gasteiger partial charge in [0.2, 0.25) is 0 Å². The van der Waals surface area contributed by atoms with Gasteiger partial charge in [0.05, 0.1) is 12.6 Å². The van der Waals surface area contributed by atoms with Crippen LogP contribution >= 0.6 is 11.3 Å². The van der Waals surface area contributed by atoms with E-state index in [1.54, 1.807) is 0 Å². The number of nitrogens with zero attached hydrogens (tertiary/aromatic N) is 6. The maximum atomic E-state index is 4.20. The molecule has 2 aromatic heterocycles. The van der Waals surface area contributed by atoms with Crippen molar-refractivity contribution >= 4 is 11.3 Å². The van der Waals surface area contributed by atoms with Gasteiger partial charge in [-0.25, -0.2) is 4.68 Å². The fourth-order valence-corrected chi connectivity index (χ4v) is 3.59. The van der Waals surface area contributed by atoms with E-state index < -0.39 is 0 Å². The fraction of sp³-hybridized carbons (Fsp3) is 0.643. The number of aromatic nitrogens is 4. The molecule has 0 radical (unpaired) electrons. The van der Waals surface area contributed by atoms with Gasteiger partial charge in [0.15, 0.2) is 5.82 Å². The van der Waals surface area contributed by atoms with Crippen LogP contribution in [0.5, 0.6) is 0 Å². The van der Waals surface area contributed by atoms with Gasteiger partial charge in [-0.15, -0.1) is 16.4 Å². The monoisotopic (exact) mass is 304 g/mol. The van der Waals surface area contributed by atoms with Crippen LogP contribution in [0.1, 0.15) is 29.6 Å². The van der Waals surface area contributed by atoms with Crippen LogP contribution < -0.4 is 0 Å². The van der Waals surface area contributed by atoms with E-state index in [1.165, 1.54) is 17.7 Å². The topological polar surface area (TPSA) is 50.1 Å². The van der Waals surface area contributed by atoms with E-state index in [1.807, 2.05) is 16.0 Å². The van der Waals surface area contributed by atoms with Crippen molar-refractivity contribution in [2.75, 3.05) is 26.2 Å². The molecule has 2 aromatic rings. The lowest BCUT2D eigenvalue weighted by atomic mass is 10.3. The standard InChI is InChI=1S/C14H20N6S/c1-2-13(21-9-1)10-18-5-7-19(8-6-18)11-14-15-16-17-20(14)12-3-4-12/h1-2,9,12H,3-8,10-11H2. The lowest BCUT2D eigenvalue weighted by Crippen LogP contribution is -2.45. The van der Waals surface area contributed by atoms with E-state index in [4.69, 9.17) is 0 Å². The second-order valence-electron chi connectivity index (χ2n) is 5.90. The van der Waals surface area contributed by atoms with Crippen molar-refractivity contribution in [3.8, 4) is 0 Å². The van der Waals surface area contributed by atoms with E-state index >= 15 is 0 Å². The Kier molecular flexibility index (Phi) is 3.71. The maximum Gasteiger partial charge on any atom is 0.165 e. The van der Waals surface area contributed by atoms with Gasteiger partial charge >= 0.3 is 0 Å². The lowest BCUT2D eigenvalue weighted by molar-refractivity contribution is 0.119. The summed E-state index contributed by atoms with van der Waals surface area (Å²) in [6.45, 7) is 6.43. The number of piperazine rings is 1. The zero-order valence-electron chi connectivity index (χ0n) is 12.1. The third-order valence-corrected chi connectivity index (χ3v) is 5.10. The van der Waals surface area contributed by atoms with Crippen molar-refractivity contribution in [2.45, 2.75) is 32.0 Å². The van der Waals surface area contributed by atoms with Crippen molar-refractivity contribution in [1.82, 2.24) is 30.0 Å². The van der Waals surface area contributed by atoms with Crippen LogP contribution in [0, 0.1) is 0 Å². The Balaban J connectivity index is 1.30. The molecule has 0 unspecified atom stereocenters. The zero-order chi connectivity index (χ0) is 14.1. The second kappa shape index (κ2) is 5.82. The minimum absolute atomic E-state index is 0.565. The summed E-state index contributed by atoms with van der Waals surface area (Å²) in [6, 6.07) is 4.92. The highest BCUT2D eigenvalue weighted by atomic mass is 32.1. The van der Waals surface area contributed by atoms with Crippen molar-refractivity contribution in [3.05, 3.63) is 28.2 Å². The van der Waals surface area contributed by atoms with Crippen LogP contribution in [-0.4, -0.2) is 56.2 Å². The lowest BCUT2D eigenvalue weighted by Gasteiger charge is -2.34. The number of rotatable bonds is 5. The molecular weight excluding hydrogens is 284 g/mol.